The molecule has 2 heterocycles. The van der Waals surface area contributed by atoms with Crippen LogP contribution in [0, 0.1) is 0 Å². The minimum absolute atomic E-state index is 0.342. The minimum Gasteiger partial charge on any atom is -0.382 e. The van der Waals surface area contributed by atoms with Crippen molar-refractivity contribution in [2.75, 3.05) is 26.9 Å². The average Bonchev–Trinajstić information content (AvgIpc) is 3.09. The van der Waals surface area contributed by atoms with Crippen molar-refractivity contribution in [1.29, 1.82) is 0 Å². The lowest BCUT2D eigenvalue weighted by Crippen LogP contribution is -2.14. The molecule has 0 aliphatic heterocycles. The lowest BCUT2D eigenvalue weighted by molar-refractivity contribution is 0.0714. The van der Waals surface area contributed by atoms with Crippen LogP contribution in [0.5, 0.6) is 0 Å². The van der Waals surface area contributed by atoms with Crippen LogP contribution in [0.3, 0.4) is 0 Å². The molecule has 0 radical (unpaired) electrons. The molecule has 20 heavy (non-hydrogen) atoms. The lowest BCUT2D eigenvalue weighted by atomic mass is 10.2. The zero-order valence-electron chi connectivity index (χ0n) is 11.4. The summed E-state index contributed by atoms with van der Waals surface area (Å²) in [7, 11) is 1.63. The summed E-state index contributed by atoms with van der Waals surface area (Å²) in [5.74, 6) is 1.02. The molecule has 0 aliphatic carbocycles. The maximum absolute atomic E-state index is 6.00. The third-order valence-electron chi connectivity index (χ3n) is 2.70. The fourth-order valence-electron chi connectivity index (χ4n) is 1.65. The molecular formula is C12H19N5O3. The molecule has 2 rings (SSSR count). The normalized spacial score (nSPS) is 12.7. The maximum Gasteiger partial charge on any atom is 0.243 e. The molecule has 8 heteroatoms. The highest BCUT2D eigenvalue weighted by Crippen LogP contribution is 2.12. The highest BCUT2D eigenvalue weighted by Gasteiger charge is 2.15. The number of nitrogens with zero attached hydrogens (tertiary/aromatic N) is 3. The number of rotatable bonds is 9. The van der Waals surface area contributed by atoms with E-state index in [9.17, 15) is 0 Å². The van der Waals surface area contributed by atoms with Gasteiger partial charge in [-0.25, -0.2) is 4.98 Å². The monoisotopic (exact) mass is 281 g/mol. The second-order valence-corrected chi connectivity index (χ2v) is 4.29. The molecule has 0 bridgehead atoms. The molecule has 2 aromatic heterocycles. The second-order valence-electron chi connectivity index (χ2n) is 4.29. The van der Waals surface area contributed by atoms with Gasteiger partial charge in [0.05, 0.1) is 32.2 Å². The van der Waals surface area contributed by atoms with Crippen molar-refractivity contribution in [1.82, 2.24) is 20.1 Å². The number of ether oxygens (including phenoxy) is 2. The largest absolute Gasteiger partial charge is 0.382 e. The Hall–Kier alpha value is -1.77. The summed E-state index contributed by atoms with van der Waals surface area (Å²) in [4.78, 5) is 11.2. The lowest BCUT2D eigenvalue weighted by Gasteiger charge is -2.03. The van der Waals surface area contributed by atoms with Gasteiger partial charge in [-0.2, -0.15) is 4.98 Å². The van der Waals surface area contributed by atoms with Crippen molar-refractivity contribution >= 4 is 0 Å². The van der Waals surface area contributed by atoms with Gasteiger partial charge in [-0.15, -0.1) is 0 Å². The summed E-state index contributed by atoms with van der Waals surface area (Å²) in [6, 6.07) is -0.342. The number of H-pyrrole nitrogens is 1. The van der Waals surface area contributed by atoms with Gasteiger partial charge in [0.15, 0.2) is 5.82 Å². The molecule has 0 saturated carbocycles. The van der Waals surface area contributed by atoms with Crippen molar-refractivity contribution in [3.8, 4) is 0 Å². The molecule has 0 amide bonds. The quantitative estimate of drug-likeness (QED) is 0.633. The standard InChI is InChI=1S/C12H19N5O3/c1-18-4-5-19-3-2-11-16-12(20-17-11)10(13)6-9-7-14-8-15-9/h7-8,10H,2-6,13H2,1H3,(H,14,15). The number of hydrogen-bond donors (Lipinski definition) is 2. The van der Waals surface area contributed by atoms with Gasteiger partial charge in [0.1, 0.15) is 0 Å². The van der Waals surface area contributed by atoms with Gasteiger partial charge >= 0.3 is 0 Å². The first-order valence-electron chi connectivity index (χ1n) is 6.41. The van der Waals surface area contributed by atoms with Crippen LogP contribution in [-0.2, 0) is 22.3 Å². The van der Waals surface area contributed by atoms with E-state index in [0.717, 1.165) is 5.69 Å². The van der Waals surface area contributed by atoms with E-state index >= 15 is 0 Å². The molecule has 110 valence electrons. The third-order valence-corrected chi connectivity index (χ3v) is 2.70. The van der Waals surface area contributed by atoms with E-state index in [2.05, 4.69) is 20.1 Å². The Balaban J connectivity index is 1.76. The summed E-state index contributed by atoms with van der Waals surface area (Å²) >= 11 is 0. The second kappa shape index (κ2) is 7.73. The number of methoxy groups -OCH3 is 1. The van der Waals surface area contributed by atoms with Crippen LogP contribution in [0.25, 0.3) is 0 Å². The Morgan fingerprint density at radius 1 is 1.40 bits per heavy atom. The van der Waals surface area contributed by atoms with Gasteiger partial charge in [0.2, 0.25) is 5.89 Å². The Morgan fingerprint density at radius 2 is 2.30 bits per heavy atom. The van der Waals surface area contributed by atoms with Crippen molar-refractivity contribution in [2.45, 2.75) is 18.9 Å². The Bertz CT molecular complexity index is 485. The highest BCUT2D eigenvalue weighted by atomic mass is 16.5. The molecule has 3 N–H and O–H groups in total. The summed E-state index contributed by atoms with van der Waals surface area (Å²) < 4.78 is 15.4. The van der Waals surface area contributed by atoms with Crippen molar-refractivity contribution in [3.63, 3.8) is 0 Å². The number of hydrogen-bond acceptors (Lipinski definition) is 7. The summed E-state index contributed by atoms with van der Waals surface area (Å²) in [6.45, 7) is 1.66. The topological polar surface area (TPSA) is 112 Å². The number of imidazole rings is 1. The van der Waals surface area contributed by atoms with Crippen LogP contribution < -0.4 is 5.73 Å². The van der Waals surface area contributed by atoms with E-state index in [1.807, 2.05) is 0 Å². The zero-order valence-corrected chi connectivity index (χ0v) is 11.4. The van der Waals surface area contributed by atoms with Crippen molar-refractivity contribution < 1.29 is 14.0 Å². The van der Waals surface area contributed by atoms with Gasteiger partial charge in [-0.1, -0.05) is 5.16 Å². The van der Waals surface area contributed by atoms with Crippen LogP contribution in [0.4, 0.5) is 0 Å². The molecule has 1 unspecified atom stereocenters. The minimum atomic E-state index is -0.342. The van der Waals surface area contributed by atoms with Crippen LogP contribution in [0.15, 0.2) is 17.0 Å². The highest BCUT2D eigenvalue weighted by molar-refractivity contribution is 5.02. The molecule has 2 aromatic rings. The van der Waals surface area contributed by atoms with E-state index in [-0.39, 0.29) is 6.04 Å². The SMILES string of the molecule is COCCOCCc1noc(C(N)Cc2cnc[nH]2)n1. The fraction of sp³-hybridized carbons (Fsp3) is 0.583. The predicted octanol–water partition coefficient (Wildman–Crippen LogP) is 0.241. The van der Waals surface area contributed by atoms with E-state index < -0.39 is 0 Å². The van der Waals surface area contributed by atoms with E-state index in [1.54, 1.807) is 19.6 Å². The van der Waals surface area contributed by atoms with Gasteiger partial charge in [0.25, 0.3) is 0 Å². The summed E-state index contributed by atoms with van der Waals surface area (Å²) in [5.41, 5.74) is 6.93. The van der Waals surface area contributed by atoms with Gasteiger partial charge in [-0.3, -0.25) is 0 Å². The Kier molecular flexibility index (Phi) is 5.66. The van der Waals surface area contributed by atoms with E-state index in [1.165, 1.54) is 0 Å². The van der Waals surface area contributed by atoms with Crippen LogP contribution in [0.1, 0.15) is 23.5 Å². The van der Waals surface area contributed by atoms with E-state index in [4.69, 9.17) is 19.7 Å². The average molecular weight is 281 g/mol. The molecule has 0 aliphatic rings. The molecule has 1 atom stereocenters. The third kappa shape index (κ3) is 4.41. The molecule has 0 spiro atoms. The summed E-state index contributed by atoms with van der Waals surface area (Å²) in [6.07, 6.45) is 4.50. The molecule has 0 aromatic carbocycles. The van der Waals surface area contributed by atoms with Gasteiger partial charge < -0.3 is 24.7 Å². The van der Waals surface area contributed by atoms with Gasteiger partial charge in [0, 0.05) is 31.8 Å². The first kappa shape index (κ1) is 14.6. The fourth-order valence-corrected chi connectivity index (χ4v) is 1.65. The van der Waals surface area contributed by atoms with E-state index in [0.29, 0.717) is 44.4 Å². The van der Waals surface area contributed by atoms with Crippen LogP contribution in [-0.4, -0.2) is 47.0 Å². The molecule has 0 fully saturated rings. The smallest absolute Gasteiger partial charge is 0.243 e. The van der Waals surface area contributed by atoms with Crippen LogP contribution >= 0.6 is 0 Å². The maximum atomic E-state index is 6.00. The zero-order chi connectivity index (χ0) is 14.2. The molecular weight excluding hydrogens is 262 g/mol. The first-order chi connectivity index (χ1) is 9.79. The van der Waals surface area contributed by atoms with Gasteiger partial charge in [-0.05, 0) is 0 Å². The number of nitrogens with two attached hydrogens (primary N) is 1. The molecule has 0 saturated heterocycles. The predicted molar refractivity (Wildman–Crippen MR) is 69.9 cm³/mol. The number of nitrogens with one attached hydrogen (secondary N) is 1. The van der Waals surface area contributed by atoms with Crippen LogP contribution in [0.2, 0.25) is 0 Å². The molecule has 8 nitrogen and oxygen atoms in total. The first-order valence-corrected chi connectivity index (χ1v) is 6.41. The van der Waals surface area contributed by atoms with Crippen molar-refractivity contribution in [3.05, 3.63) is 29.9 Å². The van der Waals surface area contributed by atoms with Crippen molar-refractivity contribution in [2.24, 2.45) is 5.73 Å². The number of aromatic amines is 1. The number of aromatic nitrogens is 4. The Morgan fingerprint density at radius 3 is 3.05 bits per heavy atom. The Labute approximate surface area is 116 Å². The summed E-state index contributed by atoms with van der Waals surface area (Å²) in [5, 5.41) is 3.88.